The Morgan fingerprint density at radius 2 is 1.74 bits per heavy atom. The van der Waals surface area contributed by atoms with Crippen LogP contribution in [0.5, 0.6) is 0 Å². The van der Waals surface area contributed by atoms with Crippen molar-refractivity contribution in [3.8, 4) is 0 Å². The molecule has 0 radical (unpaired) electrons. The minimum Gasteiger partial charge on any atom is -0.369 e. The van der Waals surface area contributed by atoms with Crippen molar-refractivity contribution in [2.75, 3.05) is 43.0 Å². The van der Waals surface area contributed by atoms with Crippen LogP contribution in [0.4, 0.5) is 11.4 Å². The van der Waals surface area contributed by atoms with E-state index in [-0.39, 0.29) is 12.0 Å². The molecule has 0 bridgehead atoms. The summed E-state index contributed by atoms with van der Waals surface area (Å²) in [7, 11) is 0. The fourth-order valence-electron chi connectivity index (χ4n) is 3.77. The molecule has 0 unspecified atom stereocenters. The van der Waals surface area contributed by atoms with Crippen LogP contribution in [0.25, 0.3) is 0 Å². The fourth-order valence-corrected chi connectivity index (χ4v) is 3.77. The quantitative estimate of drug-likeness (QED) is 0.884. The maximum absolute atomic E-state index is 12.1. The molecule has 2 aromatic carbocycles. The van der Waals surface area contributed by atoms with E-state index in [1.54, 1.807) is 0 Å². The van der Waals surface area contributed by atoms with Crippen molar-refractivity contribution in [2.24, 2.45) is 0 Å². The summed E-state index contributed by atoms with van der Waals surface area (Å²) in [4.78, 5) is 17.0. The van der Waals surface area contributed by atoms with Crippen LogP contribution in [0.1, 0.15) is 18.4 Å². The molecule has 27 heavy (non-hydrogen) atoms. The number of ether oxygens (including phenoxy) is 1. The Bertz CT molecular complexity index is 734. The van der Waals surface area contributed by atoms with E-state index >= 15 is 0 Å². The van der Waals surface area contributed by atoms with Crippen LogP contribution in [0.2, 0.25) is 0 Å². The second-order valence-electron chi connectivity index (χ2n) is 7.29. The van der Waals surface area contributed by atoms with Crippen molar-refractivity contribution in [3.05, 3.63) is 60.2 Å². The number of carbonyl (C=O) groups excluding carboxylic acids is 1. The van der Waals surface area contributed by atoms with Crippen LogP contribution < -0.4 is 10.2 Å². The van der Waals surface area contributed by atoms with E-state index < -0.39 is 0 Å². The molecule has 2 fully saturated rings. The molecule has 2 heterocycles. The maximum Gasteiger partial charge on any atom is 0.253 e. The first-order chi connectivity index (χ1) is 13.3. The summed E-state index contributed by atoms with van der Waals surface area (Å²) in [6, 6.07) is 18.8. The minimum absolute atomic E-state index is 0.0326. The molecule has 2 aliphatic rings. The van der Waals surface area contributed by atoms with Crippen molar-refractivity contribution < 1.29 is 9.53 Å². The average molecular weight is 365 g/mol. The van der Waals surface area contributed by atoms with Crippen molar-refractivity contribution in [3.63, 3.8) is 0 Å². The van der Waals surface area contributed by atoms with Crippen molar-refractivity contribution in [2.45, 2.75) is 25.5 Å². The molecule has 2 aromatic rings. The molecule has 0 aliphatic carbocycles. The van der Waals surface area contributed by atoms with Gasteiger partial charge < -0.3 is 15.0 Å². The van der Waals surface area contributed by atoms with Gasteiger partial charge in [-0.2, -0.15) is 0 Å². The van der Waals surface area contributed by atoms with Crippen LogP contribution in [-0.2, 0) is 16.1 Å². The highest BCUT2D eigenvalue weighted by molar-refractivity contribution is 5.94. The van der Waals surface area contributed by atoms with Crippen molar-refractivity contribution in [1.82, 2.24) is 4.90 Å². The van der Waals surface area contributed by atoms with E-state index in [0.29, 0.717) is 6.61 Å². The van der Waals surface area contributed by atoms with Crippen LogP contribution in [0, 0.1) is 0 Å². The van der Waals surface area contributed by atoms with Crippen LogP contribution in [0.3, 0.4) is 0 Å². The summed E-state index contributed by atoms with van der Waals surface area (Å²) in [5.41, 5.74) is 3.42. The number of nitrogens with zero attached hydrogens (tertiary/aromatic N) is 2. The third kappa shape index (κ3) is 4.67. The predicted molar refractivity (Wildman–Crippen MR) is 108 cm³/mol. The lowest BCUT2D eigenvalue weighted by Gasteiger charge is -2.36. The molecule has 1 N–H and O–H groups in total. The van der Waals surface area contributed by atoms with Gasteiger partial charge in [-0.1, -0.05) is 30.3 Å². The van der Waals surface area contributed by atoms with E-state index in [9.17, 15) is 4.79 Å². The lowest BCUT2D eigenvalue weighted by molar-refractivity contribution is -0.124. The van der Waals surface area contributed by atoms with Gasteiger partial charge in [-0.3, -0.25) is 9.69 Å². The Morgan fingerprint density at radius 1 is 1.00 bits per heavy atom. The van der Waals surface area contributed by atoms with Gasteiger partial charge in [-0.15, -0.1) is 0 Å². The fraction of sp³-hybridized carbons (Fsp3) is 0.409. The highest BCUT2D eigenvalue weighted by Crippen LogP contribution is 2.21. The number of rotatable bonds is 5. The van der Waals surface area contributed by atoms with Crippen molar-refractivity contribution in [1.29, 1.82) is 0 Å². The molecule has 2 aliphatic heterocycles. The molecule has 0 aromatic heterocycles. The Balaban J connectivity index is 1.27. The van der Waals surface area contributed by atoms with Crippen LogP contribution in [0.15, 0.2) is 54.6 Å². The first-order valence-electron chi connectivity index (χ1n) is 9.82. The second kappa shape index (κ2) is 8.55. The third-order valence-electron chi connectivity index (χ3n) is 5.34. The van der Waals surface area contributed by atoms with Crippen molar-refractivity contribution >= 4 is 17.3 Å². The van der Waals surface area contributed by atoms with Gasteiger partial charge in [-0.25, -0.2) is 0 Å². The Kier molecular flexibility index (Phi) is 5.70. The lowest BCUT2D eigenvalue weighted by Crippen LogP contribution is -2.45. The molecular formula is C22H27N3O2. The van der Waals surface area contributed by atoms with Gasteiger partial charge in [0.15, 0.2) is 0 Å². The number of anilines is 2. The number of hydrogen-bond donors (Lipinski definition) is 1. The summed E-state index contributed by atoms with van der Waals surface area (Å²) in [5, 5.41) is 2.96. The van der Waals surface area contributed by atoms with Gasteiger partial charge >= 0.3 is 0 Å². The molecule has 4 rings (SSSR count). The summed E-state index contributed by atoms with van der Waals surface area (Å²) in [6.07, 6.45) is 1.49. The Hall–Kier alpha value is -2.37. The monoisotopic (exact) mass is 365 g/mol. The van der Waals surface area contributed by atoms with Gasteiger partial charge in [0.25, 0.3) is 5.91 Å². The van der Waals surface area contributed by atoms with Gasteiger partial charge in [0, 0.05) is 50.7 Å². The molecule has 2 saturated heterocycles. The van der Waals surface area contributed by atoms with E-state index in [1.807, 2.05) is 12.1 Å². The van der Waals surface area contributed by atoms with Gasteiger partial charge in [0.2, 0.25) is 0 Å². The molecule has 1 amide bonds. The minimum atomic E-state index is -0.289. The molecule has 0 spiro atoms. The summed E-state index contributed by atoms with van der Waals surface area (Å²) in [5.74, 6) is -0.0326. The summed E-state index contributed by atoms with van der Waals surface area (Å²) >= 11 is 0. The molecule has 0 saturated carbocycles. The second-order valence-corrected chi connectivity index (χ2v) is 7.29. The summed E-state index contributed by atoms with van der Waals surface area (Å²) in [6.45, 7) is 5.87. The number of hydrogen-bond acceptors (Lipinski definition) is 4. The predicted octanol–water partition coefficient (Wildman–Crippen LogP) is 3.13. The van der Waals surface area contributed by atoms with Gasteiger partial charge in [0.05, 0.1) is 0 Å². The highest BCUT2D eigenvalue weighted by atomic mass is 16.5. The molecule has 5 heteroatoms. The standard InChI is InChI=1S/C22H27N3O2/c26-22(21-7-4-16-27-21)23-19-8-10-20(11-9-19)25-14-12-24(13-15-25)17-18-5-2-1-3-6-18/h1-3,5-6,8-11,21H,4,7,12-17H2,(H,23,26)/t21-/m0/s1. The Morgan fingerprint density at radius 3 is 2.41 bits per heavy atom. The average Bonchev–Trinajstić information content (AvgIpc) is 3.25. The molecule has 142 valence electrons. The SMILES string of the molecule is O=C(Nc1ccc(N2CCN(Cc3ccccc3)CC2)cc1)[C@@H]1CCCO1. The van der Waals surface area contributed by atoms with Crippen LogP contribution in [-0.4, -0.2) is 49.7 Å². The lowest BCUT2D eigenvalue weighted by atomic mass is 10.2. The number of piperazine rings is 1. The topological polar surface area (TPSA) is 44.8 Å². The van der Waals surface area contributed by atoms with E-state index in [2.05, 4.69) is 57.6 Å². The number of benzene rings is 2. The zero-order valence-corrected chi connectivity index (χ0v) is 15.6. The van der Waals surface area contributed by atoms with E-state index in [1.165, 1.54) is 11.3 Å². The number of nitrogens with one attached hydrogen (secondary N) is 1. The van der Waals surface area contributed by atoms with Gasteiger partial charge in [0.1, 0.15) is 6.10 Å². The van der Waals surface area contributed by atoms with Gasteiger partial charge in [-0.05, 0) is 42.7 Å². The zero-order valence-electron chi connectivity index (χ0n) is 15.6. The zero-order chi connectivity index (χ0) is 18.5. The number of amides is 1. The first-order valence-corrected chi connectivity index (χ1v) is 9.82. The summed E-state index contributed by atoms with van der Waals surface area (Å²) < 4.78 is 5.43. The highest BCUT2D eigenvalue weighted by Gasteiger charge is 2.23. The third-order valence-corrected chi connectivity index (χ3v) is 5.34. The molecule has 5 nitrogen and oxygen atoms in total. The van der Waals surface area contributed by atoms with E-state index in [4.69, 9.17) is 4.74 Å². The normalized spacial score (nSPS) is 20.6. The van der Waals surface area contributed by atoms with E-state index in [0.717, 1.165) is 51.3 Å². The maximum atomic E-state index is 12.1. The molecular weight excluding hydrogens is 338 g/mol. The smallest absolute Gasteiger partial charge is 0.253 e. The first kappa shape index (κ1) is 18.0. The Labute approximate surface area is 160 Å². The number of carbonyl (C=O) groups is 1. The van der Waals surface area contributed by atoms with Crippen LogP contribution >= 0.6 is 0 Å². The largest absolute Gasteiger partial charge is 0.369 e. The molecule has 1 atom stereocenters.